The van der Waals surface area contributed by atoms with Crippen LogP contribution < -0.4 is 0 Å². The number of pyridine rings is 1. The topological polar surface area (TPSA) is 12.9 Å². The van der Waals surface area contributed by atoms with E-state index < -0.39 is 0 Å². The van der Waals surface area contributed by atoms with Crippen molar-refractivity contribution >= 4 is 16.3 Å². The highest BCUT2D eigenvalue weighted by Gasteiger charge is 2.54. The van der Waals surface area contributed by atoms with Crippen molar-refractivity contribution in [3.63, 3.8) is 0 Å². The largest absolute Gasteiger partial charge is 0.264 e. The van der Waals surface area contributed by atoms with E-state index in [1.165, 1.54) is 67.7 Å². The lowest BCUT2D eigenvalue weighted by atomic mass is 9.49. The molecule has 0 unspecified atom stereocenters. The Morgan fingerprint density at radius 1 is 0.931 bits per heavy atom. The summed E-state index contributed by atoms with van der Waals surface area (Å²) in [7, 11) is 0. The molecule has 0 saturated heterocycles. The molecular weight excluding hydrogens is 350 g/mol. The van der Waals surface area contributed by atoms with Crippen LogP contribution >= 0.6 is 0 Å². The van der Waals surface area contributed by atoms with Crippen molar-refractivity contribution < 1.29 is 0 Å². The highest BCUT2D eigenvalue weighted by molar-refractivity contribution is 5.86. The summed E-state index contributed by atoms with van der Waals surface area (Å²) in [5, 5.41) is 2.58. The van der Waals surface area contributed by atoms with E-state index in [0.29, 0.717) is 5.41 Å². The highest BCUT2D eigenvalue weighted by Crippen LogP contribution is 2.64. The molecule has 6 rings (SSSR count). The fourth-order valence-electron chi connectivity index (χ4n) is 8.36. The second-order valence-corrected chi connectivity index (χ2v) is 11.1. The number of aromatic nitrogens is 1. The Bertz CT molecular complexity index is 958. The number of allylic oxidation sites excluding steroid dienone is 2. The lowest BCUT2D eigenvalue weighted by Gasteiger charge is -2.56. The zero-order chi connectivity index (χ0) is 19.6. The summed E-state index contributed by atoms with van der Waals surface area (Å²) < 4.78 is 0. The van der Waals surface area contributed by atoms with Gasteiger partial charge in [-0.1, -0.05) is 38.5 Å². The smallest absolute Gasteiger partial charge is 0.0346 e. The molecule has 0 bridgehead atoms. The van der Waals surface area contributed by atoms with Crippen LogP contribution in [0.1, 0.15) is 70.8 Å². The van der Waals surface area contributed by atoms with Crippen molar-refractivity contribution in [2.75, 3.05) is 0 Å². The van der Waals surface area contributed by atoms with Gasteiger partial charge in [0.05, 0.1) is 0 Å². The third-order valence-corrected chi connectivity index (χ3v) is 9.75. The SMILES string of the molecule is C[C@@H]1CC[C@H]2[C@@H](CC[C@@H]3[C@@H]2CC[C@]2(C)C(c4ccc5ccncc5c4)=CC[C@@H]32)C1. The van der Waals surface area contributed by atoms with Crippen LogP contribution in [0, 0.1) is 40.9 Å². The predicted octanol–water partition coefficient (Wildman–Crippen LogP) is 7.52. The number of rotatable bonds is 1. The van der Waals surface area contributed by atoms with Gasteiger partial charge in [-0.25, -0.2) is 0 Å². The summed E-state index contributed by atoms with van der Waals surface area (Å²) in [6, 6.07) is 9.19. The third-order valence-electron chi connectivity index (χ3n) is 9.75. The van der Waals surface area contributed by atoms with Gasteiger partial charge >= 0.3 is 0 Å². The highest BCUT2D eigenvalue weighted by atomic mass is 14.6. The van der Waals surface area contributed by atoms with Crippen molar-refractivity contribution in [3.05, 3.63) is 48.3 Å². The molecule has 1 heterocycles. The molecule has 152 valence electrons. The minimum Gasteiger partial charge on any atom is -0.264 e. The van der Waals surface area contributed by atoms with Crippen molar-refractivity contribution in [1.29, 1.82) is 0 Å². The standard InChI is InChI=1S/C28H35N/c1-18-3-7-23-20(15-18)6-8-25-24(23)11-13-28(2)26(9-10-27(25)28)21-5-4-19-12-14-29-17-22(19)16-21/h4-5,9,12,14,16-18,20,23-25,27H,3,6-8,10-11,13,15H2,1-2H3/t18-,20+,23+,24-,25-,27+,28-/m1/s1. The normalized spacial score (nSPS) is 41.4. The van der Waals surface area contributed by atoms with Crippen LogP contribution in [0.15, 0.2) is 42.7 Å². The van der Waals surface area contributed by atoms with Crippen molar-refractivity contribution in [3.8, 4) is 0 Å². The Labute approximate surface area is 176 Å². The van der Waals surface area contributed by atoms with Gasteiger partial charge in [0.15, 0.2) is 0 Å². The summed E-state index contributed by atoms with van der Waals surface area (Å²) in [6.45, 7) is 5.10. The average Bonchev–Trinajstić information content (AvgIpc) is 3.10. The molecule has 1 heteroatoms. The van der Waals surface area contributed by atoms with Gasteiger partial charge in [0.2, 0.25) is 0 Å². The number of nitrogens with zero attached hydrogens (tertiary/aromatic N) is 1. The quantitative estimate of drug-likeness (QED) is 0.495. The van der Waals surface area contributed by atoms with E-state index in [1.807, 2.05) is 12.4 Å². The molecule has 4 aliphatic carbocycles. The van der Waals surface area contributed by atoms with Crippen LogP contribution in [0.25, 0.3) is 16.3 Å². The minimum atomic E-state index is 0.381. The van der Waals surface area contributed by atoms with Crippen LogP contribution in [-0.4, -0.2) is 4.98 Å². The molecule has 0 radical (unpaired) electrons. The van der Waals surface area contributed by atoms with E-state index in [-0.39, 0.29) is 0 Å². The van der Waals surface area contributed by atoms with Gasteiger partial charge in [-0.2, -0.15) is 0 Å². The van der Waals surface area contributed by atoms with Crippen molar-refractivity contribution in [2.24, 2.45) is 40.9 Å². The first-order valence-corrected chi connectivity index (χ1v) is 12.2. The summed E-state index contributed by atoms with van der Waals surface area (Å²) in [4.78, 5) is 4.36. The third kappa shape index (κ3) is 2.76. The molecule has 0 N–H and O–H groups in total. The van der Waals surface area contributed by atoms with Gasteiger partial charge in [-0.3, -0.25) is 4.98 Å². The number of hydrogen-bond donors (Lipinski definition) is 0. The first-order valence-electron chi connectivity index (χ1n) is 12.2. The van der Waals surface area contributed by atoms with E-state index in [1.54, 1.807) is 5.57 Å². The molecule has 0 amide bonds. The van der Waals surface area contributed by atoms with Gasteiger partial charge in [-0.15, -0.1) is 0 Å². The lowest BCUT2D eigenvalue weighted by molar-refractivity contribution is -0.0443. The molecule has 1 aromatic heterocycles. The first-order chi connectivity index (χ1) is 14.1. The molecule has 1 aromatic carbocycles. The van der Waals surface area contributed by atoms with Gasteiger partial charge in [-0.05, 0) is 115 Å². The van der Waals surface area contributed by atoms with Gasteiger partial charge in [0, 0.05) is 17.8 Å². The molecule has 29 heavy (non-hydrogen) atoms. The van der Waals surface area contributed by atoms with Crippen molar-refractivity contribution in [1.82, 2.24) is 4.98 Å². The summed E-state index contributed by atoms with van der Waals surface area (Å²) in [6.07, 6.45) is 18.3. The number of hydrogen-bond acceptors (Lipinski definition) is 1. The van der Waals surface area contributed by atoms with E-state index in [2.05, 4.69) is 49.2 Å². The fourth-order valence-corrected chi connectivity index (χ4v) is 8.36. The van der Waals surface area contributed by atoms with Crippen LogP contribution in [0.4, 0.5) is 0 Å². The molecule has 7 atom stereocenters. The first kappa shape index (κ1) is 18.2. The zero-order valence-corrected chi connectivity index (χ0v) is 18.1. The summed E-state index contributed by atoms with van der Waals surface area (Å²) in [5.41, 5.74) is 3.48. The maximum Gasteiger partial charge on any atom is 0.0346 e. The summed E-state index contributed by atoms with van der Waals surface area (Å²) in [5.74, 6) is 5.94. The molecule has 0 spiro atoms. The molecule has 2 aromatic rings. The second-order valence-electron chi connectivity index (χ2n) is 11.1. The van der Waals surface area contributed by atoms with E-state index >= 15 is 0 Å². The molecule has 3 saturated carbocycles. The number of fused-ring (bicyclic) bond motifs is 6. The Hall–Kier alpha value is -1.63. The van der Waals surface area contributed by atoms with E-state index in [4.69, 9.17) is 0 Å². The number of benzene rings is 1. The van der Waals surface area contributed by atoms with Crippen LogP contribution in [-0.2, 0) is 0 Å². The van der Waals surface area contributed by atoms with Crippen LogP contribution in [0.3, 0.4) is 0 Å². The monoisotopic (exact) mass is 385 g/mol. The summed E-state index contributed by atoms with van der Waals surface area (Å²) >= 11 is 0. The Kier molecular flexibility index (Phi) is 4.19. The Morgan fingerprint density at radius 2 is 1.83 bits per heavy atom. The average molecular weight is 386 g/mol. The Balaban J connectivity index is 1.29. The second kappa shape index (κ2) is 6.69. The molecular formula is C28H35N. The van der Waals surface area contributed by atoms with Gasteiger partial charge < -0.3 is 0 Å². The van der Waals surface area contributed by atoms with E-state index in [9.17, 15) is 0 Å². The molecule has 4 aliphatic rings. The van der Waals surface area contributed by atoms with Crippen LogP contribution in [0.2, 0.25) is 0 Å². The van der Waals surface area contributed by atoms with Crippen LogP contribution in [0.5, 0.6) is 0 Å². The molecule has 0 aliphatic heterocycles. The predicted molar refractivity (Wildman–Crippen MR) is 121 cm³/mol. The van der Waals surface area contributed by atoms with Crippen molar-refractivity contribution in [2.45, 2.75) is 65.2 Å². The lowest BCUT2D eigenvalue weighted by Crippen LogP contribution is -2.47. The maximum atomic E-state index is 4.36. The minimum absolute atomic E-state index is 0.381. The maximum absolute atomic E-state index is 4.36. The zero-order valence-electron chi connectivity index (χ0n) is 18.1. The Morgan fingerprint density at radius 3 is 2.76 bits per heavy atom. The fraction of sp³-hybridized carbons (Fsp3) is 0.607. The molecule has 1 nitrogen and oxygen atoms in total. The van der Waals surface area contributed by atoms with Gasteiger partial charge in [0.1, 0.15) is 0 Å². The molecule has 3 fully saturated rings. The van der Waals surface area contributed by atoms with E-state index in [0.717, 1.165) is 35.5 Å². The van der Waals surface area contributed by atoms with Gasteiger partial charge in [0.25, 0.3) is 0 Å².